The maximum atomic E-state index is 9.88. The van der Waals surface area contributed by atoms with Gasteiger partial charge in [0, 0.05) is 24.8 Å². The van der Waals surface area contributed by atoms with E-state index in [4.69, 9.17) is 29.0 Å². The molecule has 0 spiro atoms. The zero-order chi connectivity index (χ0) is 27.5. The Morgan fingerprint density at radius 2 is 1.88 bits per heavy atom. The van der Waals surface area contributed by atoms with Crippen molar-refractivity contribution in [1.82, 2.24) is 24.5 Å². The minimum Gasteiger partial charge on any atom is -0.508 e. The monoisotopic (exact) mass is 540 g/mol. The lowest BCUT2D eigenvalue weighted by atomic mass is 9.89. The number of phenolic OH excluding ortho intramolecular Hbond substituents is 1. The summed E-state index contributed by atoms with van der Waals surface area (Å²) in [7, 11) is 3.25. The molecule has 3 aromatic heterocycles. The van der Waals surface area contributed by atoms with Crippen LogP contribution in [0, 0.1) is 0 Å². The van der Waals surface area contributed by atoms with Gasteiger partial charge in [0.05, 0.1) is 20.5 Å². The van der Waals surface area contributed by atoms with Crippen LogP contribution in [0.25, 0.3) is 17.2 Å². The first kappa shape index (κ1) is 25.7. The summed E-state index contributed by atoms with van der Waals surface area (Å²) in [5.41, 5.74) is 3.95. The number of rotatable bonds is 9. The number of hydrogen-bond donors (Lipinski definition) is 2. The lowest BCUT2D eigenvalue weighted by Gasteiger charge is -2.32. The molecule has 4 heterocycles. The van der Waals surface area contributed by atoms with Crippen LogP contribution in [0.4, 0.5) is 5.95 Å². The fraction of sp³-hybridized carbons (Fsp3) is 0.300. The van der Waals surface area contributed by atoms with Crippen LogP contribution < -0.4 is 14.8 Å². The number of nitrogens with zero attached hydrogens (tertiary/aromatic N) is 5. The first-order chi connectivity index (χ1) is 19.6. The van der Waals surface area contributed by atoms with Crippen molar-refractivity contribution in [3.63, 3.8) is 0 Å². The molecule has 1 saturated heterocycles. The standard InChI is InChI=1S/C30H32N6O4/c1-38-25-9-8-20(15-27(25)39-2)17-31-30-32-18-23(29-33-28(34-36(29)30)26-7-4-14-40-26)19-35-12-10-21(11-13-35)22-5-3-6-24(37)16-22/h3-9,14-16,18,21,37H,10-13,17,19H2,1-2H3,(H,31,32). The Hall–Kier alpha value is -4.57. The Morgan fingerprint density at radius 1 is 1.02 bits per heavy atom. The average molecular weight is 541 g/mol. The van der Waals surface area contributed by atoms with Crippen molar-refractivity contribution in [1.29, 1.82) is 0 Å². The highest BCUT2D eigenvalue weighted by atomic mass is 16.5. The van der Waals surface area contributed by atoms with Gasteiger partial charge in [-0.15, -0.1) is 5.10 Å². The third-order valence-corrected chi connectivity index (χ3v) is 7.40. The summed E-state index contributed by atoms with van der Waals surface area (Å²) in [4.78, 5) is 12.0. The van der Waals surface area contributed by atoms with Crippen LogP contribution >= 0.6 is 0 Å². The molecule has 0 bridgehead atoms. The predicted molar refractivity (Wildman–Crippen MR) is 151 cm³/mol. The van der Waals surface area contributed by atoms with E-state index in [0.717, 1.165) is 49.2 Å². The number of ether oxygens (including phenoxy) is 2. The highest BCUT2D eigenvalue weighted by Gasteiger charge is 2.23. The van der Waals surface area contributed by atoms with E-state index in [1.54, 1.807) is 31.1 Å². The first-order valence-electron chi connectivity index (χ1n) is 13.4. The van der Waals surface area contributed by atoms with Crippen molar-refractivity contribution >= 4 is 11.6 Å². The second-order valence-corrected chi connectivity index (χ2v) is 9.94. The van der Waals surface area contributed by atoms with Crippen LogP contribution in [0.3, 0.4) is 0 Å². The molecule has 1 aliphatic rings. The largest absolute Gasteiger partial charge is 0.508 e. The zero-order valence-corrected chi connectivity index (χ0v) is 22.6. The minimum absolute atomic E-state index is 0.326. The summed E-state index contributed by atoms with van der Waals surface area (Å²) in [6, 6.07) is 17.1. The quantitative estimate of drug-likeness (QED) is 0.264. The lowest BCUT2D eigenvalue weighted by molar-refractivity contribution is 0.204. The van der Waals surface area contributed by atoms with Crippen LogP contribution in [0.15, 0.2) is 71.5 Å². The number of fused-ring (bicyclic) bond motifs is 1. The molecule has 0 amide bonds. The van der Waals surface area contributed by atoms with E-state index in [1.807, 2.05) is 48.7 Å². The van der Waals surface area contributed by atoms with Crippen molar-refractivity contribution < 1.29 is 19.0 Å². The number of piperidine rings is 1. The molecule has 10 nitrogen and oxygen atoms in total. The van der Waals surface area contributed by atoms with E-state index < -0.39 is 0 Å². The number of phenols is 1. The predicted octanol–water partition coefficient (Wildman–Crippen LogP) is 5.10. The second kappa shape index (κ2) is 11.3. The van der Waals surface area contributed by atoms with E-state index in [9.17, 15) is 5.11 Å². The van der Waals surface area contributed by atoms with Crippen LogP contribution in [-0.2, 0) is 13.1 Å². The Bertz CT molecular complexity index is 1590. The Morgan fingerprint density at radius 3 is 2.62 bits per heavy atom. The SMILES string of the molecule is COc1ccc(CNc2ncc(CN3CCC(c4cccc(O)c4)CC3)c3nc(-c4ccco4)nn23)cc1OC. The topological polar surface area (TPSA) is 110 Å². The van der Waals surface area contributed by atoms with Gasteiger partial charge >= 0.3 is 0 Å². The Balaban J connectivity index is 1.22. The fourth-order valence-corrected chi connectivity index (χ4v) is 5.28. The zero-order valence-electron chi connectivity index (χ0n) is 22.6. The number of benzene rings is 2. The molecule has 1 fully saturated rings. The van der Waals surface area contributed by atoms with Crippen molar-refractivity contribution in [2.24, 2.45) is 0 Å². The third-order valence-electron chi connectivity index (χ3n) is 7.40. The molecule has 1 aliphatic heterocycles. The molecule has 2 aromatic carbocycles. The number of likely N-dealkylation sites (tertiary alicyclic amines) is 1. The van der Waals surface area contributed by atoms with E-state index in [2.05, 4.69) is 16.3 Å². The van der Waals surface area contributed by atoms with E-state index in [-0.39, 0.29) is 0 Å². The Labute approximate surface area is 232 Å². The molecule has 5 aromatic rings. The highest BCUT2D eigenvalue weighted by molar-refractivity contribution is 5.58. The van der Waals surface area contributed by atoms with Gasteiger partial charge in [-0.1, -0.05) is 18.2 Å². The molecule has 10 heteroatoms. The van der Waals surface area contributed by atoms with E-state index in [1.165, 1.54) is 5.56 Å². The number of hydrogen-bond acceptors (Lipinski definition) is 9. The molecule has 0 unspecified atom stereocenters. The normalized spacial score (nSPS) is 14.4. The van der Waals surface area contributed by atoms with Gasteiger partial charge in [-0.05, 0) is 79.4 Å². The Kier molecular flexibility index (Phi) is 7.24. The lowest BCUT2D eigenvalue weighted by Crippen LogP contribution is -2.32. The van der Waals surface area contributed by atoms with Crippen molar-refractivity contribution in [2.75, 3.05) is 32.6 Å². The summed E-state index contributed by atoms with van der Waals surface area (Å²) in [6.07, 6.45) is 5.56. The summed E-state index contributed by atoms with van der Waals surface area (Å²) in [6.45, 7) is 3.13. The summed E-state index contributed by atoms with van der Waals surface area (Å²) < 4.78 is 18.1. The van der Waals surface area contributed by atoms with E-state index in [0.29, 0.717) is 47.2 Å². The van der Waals surface area contributed by atoms with Gasteiger partial charge < -0.3 is 24.3 Å². The molecule has 0 radical (unpaired) electrons. The van der Waals surface area contributed by atoms with Crippen LogP contribution in [0.2, 0.25) is 0 Å². The molecule has 0 atom stereocenters. The number of methoxy groups -OCH3 is 2. The summed E-state index contributed by atoms with van der Waals surface area (Å²) >= 11 is 0. The fourth-order valence-electron chi connectivity index (χ4n) is 5.28. The molecular weight excluding hydrogens is 508 g/mol. The molecule has 0 saturated carbocycles. The number of aromatic nitrogens is 4. The van der Waals surface area contributed by atoms with Gasteiger partial charge in [-0.3, -0.25) is 4.90 Å². The third kappa shape index (κ3) is 5.30. The van der Waals surface area contributed by atoms with Gasteiger partial charge in [-0.25, -0.2) is 9.97 Å². The van der Waals surface area contributed by atoms with Crippen molar-refractivity contribution in [2.45, 2.75) is 31.8 Å². The van der Waals surface area contributed by atoms with Gasteiger partial charge in [0.25, 0.3) is 0 Å². The van der Waals surface area contributed by atoms with Crippen molar-refractivity contribution in [3.05, 3.63) is 83.7 Å². The number of anilines is 1. The number of furan rings is 1. The molecule has 206 valence electrons. The van der Waals surface area contributed by atoms with Crippen LogP contribution in [0.1, 0.15) is 35.4 Å². The minimum atomic E-state index is 0.326. The summed E-state index contributed by atoms with van der Waals surface area (Å²) in [5.74, 6) is 3.82. The highest BCUT2D eigenvalue weighted by Crippen LogP contribution is 2.31. The van der Waals surface area contributed by atoms with Gasteiger partial charge in [0.1, 0.15) is 5.75 Å². The van der Waals surface area contributed by atoms with Gasteiger partial charge in [0.2, 0.25) is 11.8 Å². The number of aromatic hydroxyl groups is 1. The van der Waals surface area contributed by atoms with Gasteiger partial charge in [-0.2, -0.15) is 4.52 Å². The maximum Gasteiger partial charge on any atom is 0.226 e. The average Bonchev–Trinajstić information content (AvgIpc) is 3.68. The van der Waals surface area contributed by atoms with Gasteiger partial charge in [0.15, 0.2) is 22.9 Å². The van der Waals surface area contributed by atoms with Crippen LogP contribution in [0.5, 0.6) is 17.2 Å². The summed E-state index contributed by atoms with van der Waals surface area (Å²) in [5, 5.41) is 18.0. The maximum absolute atomic E-state index is 9.88. The van der Waals surface area contributed by atoms with E-state index >= 15 is 0 Å². The van der Waals surface area contributed by atoms with Crippen molar-refractivity contribution in [3.8, 4) is 28.8 Å². The molecule has 40 heavy (non-hydrogen) atoms. The smallest absolute Gasteiger partial charge is 0.226 e. The first-order valence-corrected chi connectivity index (χ1v) is 13.4. The molecule has 0 aliphatic carbocycles. The molecule has 2 N–H and O–H groups in total. The second-order valence-electron chi connectivity index (χ2n) is 9.94. The number of nitrogens with one attached hydrogen (secondary N) is 1. The van der Waals surface area contributed by atoms with Crippen LogP contribution in [-0.4, -0.2) is 56.9 Å². The molecular formula is C30H32N6O4. The molecule has 6 rings (SSSR count).